The number of carbonyl (C=O) groups excluding carboxylic acids is 1. The molecule has 1 saturated heterocycles. The Morgan fingerprint density at radius 2 is 2.23 bits per heavy atom. The van der Waals surface area contributed by atoms with Crippen molar-refractivity contribution in [1.29, 1.82) is 0 Å². The molecule has 0 aromatic carbocycles. The molecule has 1 saturated carbocycles. The number of amides is 1. The summed E-state index contributed by atoms with van der Waals surface area (Å²) in [5.74, 6) is 1.01. The minimum atomic E-state index is 0.0767. The molecule has 1 aliphatic heterocycles. The van der Waals surface area contributed by atoms with E-state index in [1.165, 1.54) is 0 Å². The molecular weight excluding hydrogens is 328 g/mol. The Morgan fingerprint density at radius 1 is 1.38 bits per heavy atom. The van der Waals surface area contributed by atoms with Crippen LogP contribution in [0.15, 0.2) is 12.4 Å². The lowest BCUT2D eigenvalue weighted by Gasteiger charge is -2.29. The topological polar surface area (TPSA) is 78.8 Å². The van der Waals surface area contributed by atoms with Gasteiger partial charge in [0, 0.05) is 36.7 Å². The fourth-order valence-electron chi connectivity index (χ4n) is 4.89. The minimum absolute atomic E-state index is 0.0767. The van der Waals surface area contributed by atoms with Gasteiger partial charge in [-0.15, -0.1) is 0 Å². The number of nitrogens with one attached hydrogen (secondary N) is 2. The summed E-state index contributed by atoms with van der Waals surface area (Å²) in [6.45, 7) is 2.67. The van der Waals surface area contributed by atoms with Crippen molar-refractivity contribution in [1.82, 2.24) is 30.0 Å². The van der Waals surface area contributed by atoms with Gasteiger partial charge in [-0.25, -0.2) is 4.98 Å². The Bertz CT molecular complexity index is 831. The van der Waals surface area contributed by atoms with E-state index in [2.05, 4.69) is 25.4 Å². The lowest BCUT2D eigenvalue weighted by Crippen LogP contribution is -2.40. The predicted molar refractivity (Wildman–Crippen MR) is 96.6 cm³/mol. The molecule has 2 aliphatic carbocycles. The number of aromatic nitrogens is 4. The summed E-state index contributed by atoms with van der Waals surface area (Å²) in [6, 6.07) is 0.308. The molecule has 0 radical (unpaired) electrons. The lowest BCUT2D eigenvalue weighted by atomic mass is 9.93. The Morgan fingerprint density at radius 3 is 3.00 bits per heavy atom. The van der Waals surface area contributed by atoms with E-state index in [0.717, 1.165) is 68.7 Å². The summed E-state index contributed by atoms with van der Waals surface area (Å²) in [7, 11) is 1.99. The smallest absolute Gasteiger partial charge is 0.275 e. The predicted octanol–water partition coefficient (Wildman–Crippen LogP) is 1.42. The van der Waals surface area contributed by atoms with Crippen molar-refractivity contribution in [3.8, 4) is 0 Å². The average Bonchev–Trinajstić information content (AvgIpc) is 3.06. The van der Waals surface area contributed by atoms with Gasteiger partial charge < -0.3 is 14.8 Å². The van der Waals surface area contributed by atoms with Crippen molar-refractivity contribution in [2.75, 3.05) is 13.1 Å². The minimum Gasteiger partial charge on any atom is -0.337 e. The molecule has 26 heavy (non-hydrogen) atoms. The first-order valence-corrected chi connectivity index (χ1v) is 9.72. The van der Waals surface area contributed by atoms with E-state index in [1.807, 2.05) is 17.8 Å². The zero-order valence-electron chi connectivity index (χ0n) is 15.3. The third-order valence-corrected chi connectivity index (χ3v) is 6.62. The molecule has 2 aromatic rings. The van der Waals surface area contributed by atoms with Crippen LogP contribution in [0.1, 0.15) is 53.3 Å². The van der Waals surface area contributed by atoms with Crippen LogP contribution in [-0.2, 0) is 26.4 Å². The normalized spacial score (nSPS) is 23.2. The maximum atomic E-state index is 13.5. The Balaban J connectivity index is 1.45. The number of aromatic amines is 1. The van der Waals surface area contributed by atoms with Gasteiger partial charge in [-0.1, -0.05) is 0 Å². The number of imidazole rings is 1. The van der Waals surface area contributed by atoms with E-state index in [1.54, 1.807) is 6.20 Å². The van der Waals surface area contributed by atoms with E-state index in [4.69, 9.17) is 0 Å². The molecule has 3 aliphatic rings. The second-order valence-electron chi connectivity index (χ2n) is 8.10. The molecule has 1 spiro atoms. The van der Waals surface area contributed by atoms with Crippen molar-refractivity contribution in [2.45, 2.75) is 51.1 Å². The van der Waals surface area contributed by atoms with E-state index in [-0.39, 0.29) is 5.91 Å². The number of aryl methyl sites for hydroxylation is 2. The highest BCUT2D eigenvalue weighted by atomic mass is 16.2. The molecule has 7 nitrogen and oxygen atoms in total. The van der Waals surface area contributed by atoms with Gasteiger partial charge in [-0.05, 0) is 57.0 Å². The maximum absolute atomic E-state index is 13.5. The number of hydrogen-bond acceptors (Lipinski definition) is 4. The highest BCUT2D eigenvalue weighted by Crippen LogP contribution is 2.56. The Hall–Kier alpha value is -2.15. The summed E-state index contributed by atoms with van der Waals surface area (Å²) in [5.41, 5.74) is 3.23. The fraction of sp³-hybridized carbons (Fsp3) is 0.632. The van der Waals surface area contributed by atoms with Crippen LogP contribution < -0.4 is 5.32 Å². The maximum Gasteiger partial charge on any atom is 0.275 e. The average molecular weight is 354 g/mol. The standard InChI is InChI=1S/C19H26N6O/c1-24-10-9-21-16(24)12-25(15-11-19(15)5-7-20-8-6-19)18(26)17-13-3-2-4-14(13)22-23-17/h9-10,15,20H,2-8,11-12H2,1H3,(H,22,23). The van der Waals surface area contributed by atoms with Crippen LogP contribution in [0, 0.1) is 5.41 Å². The van der Waals surface area contributed by atoms with E-state index < -0.39 is 0 Å². The summed E-state index contributed by atoms with van der Waals surface area (Å²) >= 11 is 0. The molecule has 2 fully saturated rings. The van der Waals surface area contributed by atoms with Crippen molar-refractivity contribution in [3.05, 3.63) is 35.2 Å². The van der Waals surface area contributed by atoms with Gasteiger partial charge in [0.05, 0.1) is 6.54 Å². The zero-order valence-corrected chi connectivity index (χ0v) is 15.3. The van der Waals surface area contributed by atoms with Crippen LogP contribution in [0.25, 0.3) is 0 Å². The van der Waals surface area contributed by atoms with Crippen molar-refractivity contribution < 1.29 is 4.79 Å². The quantitative estimate of drug-likeness (QED) is 0.870. The highest BCUT2D eigenvalue weighted by molar-refractivity contribution is 5.94. The SMILES string of the molecule is Cn1ccnc1CN(C(=O)c1n[nH]c2c1CCC2)C1CC12CCNCC2. The number of nitrogens with zero attached hydrogens (tertiary/aromatic N) is 4. The molecule has 2 aromatic heterocycles. The number of rotatable bonds is 4. The van der Waals surface area contributed by atoms with E-state index in [0.29, 0.717) is 23.7 Å². The molecule has 1 unspecified atom stereocenters. The van der Waals surface area contributed by atoms with Crippen molar-refractivity contribution in [2.24, 2.45) is 12.5 Å². The fourth-order valence-corrected chi connectivity index (χ4v) is 4.89. The van der Waals surface area contributed by atoms with Crippen LogP contribution in [-0.4, -0.2) is 49.7 Å². The number of fused-ring (bicyclic) bond motifs is 1. The second kappa shape index (κ2) is 5.94. The molecule has 1 atom stereocenters. The summed E-state index contributed by atoms with van der Waals surface area (Å²) < 4.78 is 2.01. The Kier molecular flexibility index (Phi) is 3.67. The zero-order chi connectivity index (χ0) is 17.7. The summed E-state index contributed by atoms with van der Waals surface area (Å²) in [4.78, 5) is 20.0. The largest absolute Gasteiger partial charge is 0.337 e. The molecule has 5 rings (SSSR count). The molecular formula is C19H26N6O. The van der Waals surface area contributed by atoms with Crippen LogP contribution >= 0.6 is 0 Å². The summed E-state index contributed by atoms with van der Waals surface area (Å²) in [5, 5.41) is 10.9. The molecule has 2 N–H and O–H groups in total. The van der Waals surface area contributed by atoms with Gasteiger partial charge >= 0.3 is 0 Å². The van der Waals surface area contributed by atoms with Crippen molar-refractivity contribution in [3.63, 3.8) is 0 Å². The number of H-pyrrole nitrogens is 1. The number of hydrogen-bond donors (Lipinski definition) is 2. The van der Waals surface area contributed by atoms with Gasteiger partial charge in [0.1, 0.15) is 5.82 Å². The van der Waals surface area contributed by atoms with Crippen LogP contribution in [0.3, 0.4) is 0 Å². The van der Waals surface area contributed by atoms with Crippen LogP contribution in [0.4, 0.5) is 0 Å². The molecule has 1 amide bonds. The van der Waals surface area contributed by atoms with Gasteiger partial charge in [-0.3, -0.25) is 9.89 Å². The molecule has 7 heteroatoms. The summed E-state index contributed by atoms with van der Waals surface area (Å²) in [6.07, 6.45) is 10.2. The lowest BCUT2D eigenvalue weighted by molar-refractivity contribution is 0.0678. The van der Waals surface area contributed by atoms with Gasteiger partial charge in [-0.2, -0.15) is 5.10 Å². The third kappa shape index (κ3) is 2.48. The molecule has 138 valence electrons. The van der Waals surface area contributed by atoms with Gasteiger partial charge in [0.15, 0.2) is 5.69 Å². The van der Waals surface area contributed by atoms with Crippen LogP contribution in [0.2, 0.25) is 0 Å². The third-order valence-electron chi connectivity index (χ3n) is 6.62. The molecule has 0 bridgehead atoms. The molecule has 3 heterocycles. The van der Waals surface area contributed by atoms with Gasteiger partial charge in [0.2, 0.25) is 0 Å². The Labute approximate surface area is 153 Å². The second-order valence-corrected chi connectivity index (χ2v) is 8.10. The number of piperidine rings is 1. The highest BCUT2D eigenvalue weighted by Gasteiger charge is 2.58. The van der Waals surface area contributed by atoms with Gasteiger partial charge in [0.25, 0.3) is 5.91 Å². The first-order valence-electron chi connectivity index (χ1n) is 9.72. The first-order chi connectivity index (χ1) is 12.7. The van der Waals surface area contributed by atoms with Crippen LogP contribution in [0.5, 0.6) is 0 Å². The van der Waals surface area contributed by atoms with E-state index >= 15 is 0 Å². The first kappa shape index (κ1) is 16.1. The van der Waals surface area contributed by atoms with Crippen molar-refractivity contribution >= 4 is 5.91 Å². The van der Waals surface area contributed by atoms with E-state index in [9.17, 15) is 4.79 Å². The monoisotopic (exact) mass is 354 g/mol. The number of carbonyl (C=O) groups is 1.